The second kappa shape index (κ2) is 6.20. The zero-order valence-corrected chi connectivity index (χ0v) is 14.1. The summed E-state index contributed by atoms with van der Waals surface area (Å²) < 4.78 is 31.6. The highest BCUT2D eigenvalue weighted by atomic mass is 32.1. The average molecular weight is 312 g/mol. The lowest BCUT2D eigenvalue weighted by molar-refractivity contribution is 0.00578. The molecule has 3 nitrogen and oxygen atoms in total. The zero-order valence-electron chi connectivity index (χ0n) is 13.2. The monoisotopic (exact) mass is 312 g/mol. The fourth-order valence-corrected chi connectivity index (χ4v) is 2.91. The molecule has 1 aromatic heterocycles. The summed E-state index contributed by atoms with van der Waals surface area (Å²) in [6, 6.07) is 3.81. The molecular weight excluding hydrogens is 290 g/mol. The third kappa shape index (κ3) is 3.39. The Morgan fingerprint density at radius 1 is 1.29 bits per heavy atom. The van der Waals surface area contributed by atoms with Crippen LogP contribution in [0.2, 0.25) is 0 Å². The lowest BCUT2D eigenvalue weighted by Gasteiger charge is -2.32. The minimum atomic E-state index is -0.955. The van der Waals surface area contributed by atoms with Crippen LogP contribution in [0.3, 0.4) is 0 Å². The van der Waals surface area contributed by atoms with E-state index < -0.39 is 18.3 Å². The van der Waals surface area contributed by atoms with Crippen LogP contribution in [0.15, 0.2) is 23.2 Å². The first-order chi connectivity index (χ1) is 9.78. The van der Waals surface area contributed by atoms with Gasteiger partial charge in [-0.25, -0.2) is 4.39 Å². The van der Waals surface area contributed by atoms with Gasteiger partial charge in [0.1, 0.15) is 5.73 Å². The summed E-state index contributed by atoms with van der Waals surface area (Å²) >= 11 is 1.50. The molecular formula is C15H22BFO3S. The van der Waals surface area contributed by atoms with Crippen molar-refractivity contribution in [3.63, 3.8) is 0 Å². The Morgan fingerprint density at radius 2 is 1.90 bits per heavy atom. The molecule has 0 aliphatic carbocycles. The van der Waals surface area contributed by atoms with Crippen LogP contribution in [0.5, 0.6) is 0 Å². The van der Waals surface area contributed by atoms with E-state index in [4.69, 9.17) is 14.0 Å². The van der Waals surface area contributed by atoms with Crippen molar-refractivity contribution in [1.29, 1.82) is 0 Å². The molecule has 1 saturated heterocycles. The van der Waals surface area contributed by atoms with E-state index in [9.17, 15) is 4.39 Å². The minimum absolute atomic E-state index is 0.354. The van der Waals surface area contributed by atoms with Crippen LogP contribution in [0.1, 0.15) is 39.0 Å². The van der Waals surface area contributed by atoms with Crippen LogP contribution in [0, 0.1) is 0 Å². The molecule has 0 unspecified atom stereocenters. The van der Waals surface area contributed by atoms with Gasteiger partial charge in [0, 0.05) is 12.0 Å². The molecule has 6 heteroatoms. The predicted molar refractivity (Wildman–Crippen MR) is 84.9 cm³/mol. The van der Waals surface area contributed by atoms with Crippen molar-refractivity contribution in [2.45, 2.75) is 45.3 Å². The molecule has 0 saturated carbocycles. The van der Waals surface area contributed by atoms with Crippen LogP contribution in [-0.4, -0.2) is 32.0 Å². The van der Waals surface area contributed by atoms with E-state index in [1.54, 1.807) is 7.11 Å². The molecule has 0 aromatic carbocycles. The zero-order chi connectivity index (χ0) is 15.7. The van der Waals surface area contributed by atoms with Crippen LogP contribution < -0.4 is 0 Å². The van der Waals surface area contributed by atoms with Gasteiger partial charge >= 0.3 is 7.12 Å². The highest BCUT2D eigenvalue weighted by Crippen LogP contribution is 2.41. The van der Waals surface area contributed by atoms with Gasteiger partial charge in [0.15, 0.2) is 0 Å². The molecule has 0 atom stereocenters. The molecule has 1 aliphatic rings. The number of ether oxygens (including phenoxy) is 1. The molecule has 1 fully saturated rings. The lowest BCUT2D eigenvalue weighted by Crippen LogP contribution is -2.41. The topological polar surface area (TPSA) is 27.7 Å². The number of thiophene rings is 1. The highest BCUT2D eigenvalue weighted by molar-refractivity contribution is 7.11. The summed E-state index contributed by atoms with van der Waals surface area (Å²) in [5.74, 6) is 0. The quantitative estimate of drug-likeness (QED) is 0.766. The summed E-state index contributed by atoms with van der Waals surface area (Å²) in [6.07, 6.45) is 0.493. The fraction of sp³-hybridized carbons (Fsp3) is 0.600. The van der Waals surface area contributed by atoms with E-state index >= 15 is 0 Å². The number of rotatable bonds is 5. The van der Waals surface area contributed by atoms with Gasteiger partial charge in [0.05, 0.1) is 17.8 Å². The molecule has 0 radical (unpaired) electrons. The molecule has 1 aromatic rings. The second-order valence-electron chi connectivity index (χ2n) is 6.13. The summed E-state index contributed by atoms with van der Waals surface area (Å²) in [7, 11) is 0.655. The standard InChI is InChI=1S/C15H22BFO3S/c1-14(2)15(3,4)20-16(19-14)13(17)11(8-9-18-5)12-7-6-10-21-12/h6-7,10H,8-9H2,1-5H3. The van der Waals surface area contributed by atoms with Crippen LogP contribution in [0.4, 0.5) is 4.39 Å². The fourth-order valence-electron chi connectivity index (χ4n) is 2.10. The second-order valence-corrected chi connectivity index (χ2v) is 7.08. The molecule has 21 heavy (non-hydrogen) atoms. The summed E-state index contributed by atoms with van der Waals surface area (Å²) in [5, 5.41) is 1.93. The third-order valence-corrected chi connectivity index (χ3v) is 5.05. The number of hydrogen-bond donors (Lipinski definition) is 0. The molecule has 0 bridgehead atoms. The molecule has 0 amide bonds. The maximum atomic E-state index is 14.9. The van der Waals surface area contributed by atoms with Gasteiger partial charge in [-0.05, 0) is 51.1 Å². The van der Waals surface area contributed by atoms with E-state index in [-0.39, 0.29) is 5.73 Å². The van der Waals surface area contributed by atoms with Crippen LogP contribution in [0.25, 0.3) is 5.57 Å². The molecule has 0 spiro atoms. The maximum Gasteiger partial charge on any atom is 0.525 e. The first-order valence-electron chi connectivity index (χ1n) is 7.05. The molecule has 0 N–H and O–H groups in total. The van der Waals surface area contributed by atoms with Gasteiger partial charge in [-0.15, -0.1) is 11.3 Å². The smallest absolute Gasteiger partial charge is 0.398 e. The van der Waals surface area contributed by atoms with E-state index in [1.807, 2.05) is 45.2 Å². The van der Waals surface area contributed by atoms with E-state index in [0.29, 0.717) is 18.6 Å². The summed E-state index contributed by atoms with van der Waals surface area (Å²) in [5.41, 5.74) is -0.841. The van der Waals surface area contributed by atoms with E-state index in [0.717, 1.165) is 4.88 Å². The largest absolute Gasteiger partial charge is 0.525 e. The van der Waals surface area contributed by atoms with E-state index in [1.165, 1.54) is 11.3 Å². The Hall–Kier alpha value is -0.685. The van der Waals surface area contributed by atoms with E-state index in [2.05, 4.69) is 0 Å². The first kappa shape index (κ1) is 16.7. The van der Waals surface area contributed by atoms with Gasteiger partial charge < -0.3 is 14.0 Å². The summed E-state index contributed by atoms with van der Waals surface area (Å²) in [4.78, 5) is 0.888. The Kier molecular flexibility index (Phi) is 4.93. The predicted octanol–water partition coefficient (Wildman–Crippen LogP) is 4.10. The van der Waals surface area contributed by atoms with Gasteiger partial charge in [0.2, 0.25) is 0 Å². The Labute approximate surface area is 130 Å². The van der Waals surface area contributed by atoms with Crippen molar-refractivity contribution in [2.75, 3.05) is 13.7 Å². The van der Waals surface area contributed by atoms with Crippen molar-refractivity contribution in [3.8, 4) is 0 Å². The summed E-state index contributed by atoms with van der Waals surface area (Å²) in [6.45, 7) is 8.13. The van der Waals surface area contributed by atoms with Crippen molar-refractivity contribution < 1.29 is 18.4 Å². The SMILES string of the molecule is COCCC(=C(F)B1OC(C)(C)C(C)(C)O1)c1cccs1. The van der Waals surface area contributed by atoms with Crippen molar-refractivity contribution in [3.05, 3.63) is 28.1 Å². The van der Waals surface area contributed by atoms with Gasteiger partial charge in [0.25, 0.3) is 0 Å². The normalized spacial score (nSPS) is 21.5. The molecule has 116 valence electrons. The Balaban J connectivity index is 2.30. The van der Waals surface area contributed by atoms with Gasteiger partial charge in [-0.1, -0.05) is 6.07 Å². The minimum Gasteiger partial charge on any atom is -0.398 e. The average Bonchev–Trinajstić information content (AvgIpc) is 2.97. The third-order valence-electron chi connectivity index (χ3n) is 4.12. The van der Waals surface area contributed by atoms with Gasteiger partial charge in [-0.2, -0.15) is 0 Å². The molecule has 2 heterocycles. The van der Waals surface area contributed by atoms with Crippen LogP contribution >= 0.6 is 11.3 Å². The first-order valence-corrected chi connectivity index (χ1v) is 7.93. The van der Waals surface area contributed by atoms with Crippen molar-refractivity contribution in [2.24, 2.45) is 0 Å². The maximum absolute atomic E-state index is 14.9. The van der Waals surface area contributed by atoms with Crippen molar-refractivity contribution >= 4 is 24.0 Å². The van der Waals surface area contributed by atoms with Crippen LogP contribution in [-0.2, 0) is 14.0 Å². The molecule has 2 rings (SSSR count). The number of methoxy groups -OCH3 is 1. The Bertz CT molecular complexity index is 495. The lowest BCUT2D eigenvalue weighted by atomic mass is 9.83. The van der Waals surface area contributed by atoms with Gasteiger partial charge in [-0.3, -0.25) is 0 Å². The van der Waals surface area contributed by atoms with Crippen molar-refractivity contribution in [1.82, 2.24) is 0 Å². The number of halogens is 1. The number of hydrogen-bond acceptors (Lipinski definition) is 4. The Morgan fingerprint density at radius 3 is 2.38 bits per heavy atom. The highest BCUT2D eigenvalue weighted by Gasteiger charge is 2.53. The molecule has 1 aliphatic heterocycles.